The Balaban J connectivity index is 1.80. The zero-order valence-electron chi connectivity index (χ0n) is 13.0. The Morgan fingerprint density at radius 2 is 2.19 bits per heavy atom. The van der Waals surface area contributed by atoms with Crippen LogP contribution in [0.15, 0.2) is 18.2 Å². The minimum absolute atomic E-state index is 0.0216. The SMILES string of the molecule is Cc1cc(CNC(=O)CN2CCN(C)C[C@@H]2C)ccc1F. The van der Waals surface area contributed by atoms with E-state index in [-0.39, 0.29) is 11.7 Å². The largest absolute Gasteiger partial charge is 0.351 e. The van der Waals surface area contributed by atoms with Crippen LogP contribution in [0.4, 0.5) is 4.39 Å². The fourth-order valence-electron chi connectivity index (χ4n) is 2.67. The van der Waals surface area contributed by atoms with Crippen LogP contribution in [-0.4, -0.2) is 55.0 Å². The third-order valence-corrected chi connectivity index (χ3v) is 4.03. The van der Waals surface area contributed by atoms with Gasteiger partial charge in [-0.25, -0.2) is 4.39 Å². The van der Waals surface area contributed by atoms with E-state index in [9.17, 15) is 9.18 Å². The normalized spacial score (nSPS) is 20.5. The van der Waals surface area contributed by atoms with Crippen molar-refractivity contribution in [1.29, 1.82) is 0 Å². The Morgan fingerprint density at radius 3 is 2.86 bits per heavy atom. The number of hydrogen-bond donors (Lipinski definition) is 1. The molecule has 1 fully saturated rings. The van der Waals surface area contributed by atoms with Crippen LogP contribution in [0.5, 0.6) is 0 Å². The van der Waals surface area contributed by atoms with Gasteiger partial charge >= 0.3 is 0 Å². The molecule has 0 aromatic heterocycles. The number of amides is 1. The monoisotopic (exact) mass is 293 g/mol. The first kappa shape index (κ1) is 15.9. The van der Waals surface area contributed by atoms with E-state index in [0.29, 0.717) is 24.7 Å². The number of benzene rings is 1. The maximum atomic E-state index is 13.2. The molecular weight excluding hydrogens is 269 g/mol. The highest BCUT2D eigenvalue weighted by Gasteiger charge is 2.22. The maximum absolute atomic E-state index is 13.2. The number of piperazine rings is 1. The van der Waals surface area contributed by atoms with Gasteiger partial charge in [0.15, 0.2) is 0 Å². The lowest BCUT2D eigenvalue weighted by atomic mass is 10.1. The van der Waals surface area contributed by atoms with E-state index < -0.39 is 0 Å². The van der Waals surface area contributed by atoms with Crippen molar-refractivity contribution < 1.29 is 9.18 Å². The second-order valence-corrected chi connectivity index (χ2v) is 5.94. The predicted octanol–water partition coefficient (Wildman–Crippen LogP) is 1.39. The molecule has 4 nitrogen and oxygen atoms in total. The number of aryl methyl sites for hydroxylation is 1. The van der Waals surface area contributed by atoms with E-state index in [0.717, 1.165) is 25.2 Å². The van der Waals surface area contributed by atoms with Crippen LogP contribution < -0.4 is 5.32 Å². The van der Waals surface area contributed by atoms with Crippen molar-refractivity contribution in [3.8, 4) is 0 Å². The predicted molar refractivity (Wildman–Crippen MR) is 81.5 cm³/mol. The van der Waals surface area contributed by atoms with Gasteiger partial charge in [0, 0.05) is 32.2 Å². The summed E-state index contributed by atoms with van der Waals surface area (Å²) in [5.41, 5.74) is 1.53. The minimum Gasteiger partial charge on any atom is -0.351 e. The first-order valence-electron chi connectivity index (χ1n) is 7.40. The summed E-state index contributed by atoms with van der Waals surface area (Å²) in [4.78, 5) is 16.5. The van der Waals surface area contributed by atoms with Gasteiger partial charge in [-0.1, -0.05) is 12.1 Å². The van der Waals surface area contributed by atoms with Crippen LogP contribution >= 0.6 is 0 Å². The number of nitrogens with zero attached hydrogens (tertiary/aromatic N) is 2. The summed E-state index contributed by atoms with van der Waals surface area (Å²) in [5.74, 6) is -0.190. The highest BCUT2D eigenvalue weighted by atomic mass is 19.1. The molecule has 5 heteroatoms. The molecule has 1 atom stereocenters. The first-order chi connectivity index (χ1) is 9.95. The summed E-state index contributed by atoms with van der Waals surface area (Å²) < 4.78 is 13.2. The molecule has 116 valence electrons. The Morgan fingerprint density at radius 1 is 1.43 bits per heavy atom. The van der Waals surface area contributed by atoms with Crippen molar-refractivity contribution >= 4 is 5.91 Å². The molecule has 1 aromatic carbocycles. The van der Waals surface area contributed by atoms with Gasteiger partial charge in [0.25, 0.3) is 0 Å². The fourth-order valence-corrected chi connectivity index (χ4v) is 2.67. The topological polar surface area (TPSA) is 35.6 Å². The number of nitrogens with one attached hydrogen (secondary N) is 1. The van der Waals surface area contributed by atoms with E-state index in [4.69, 9.17) is 0 Å². The second kappa shape index (κ2) is 7.00. The van der Waals surface area contributed by atoms with Gasteiger partial charge < -0.3 is 10.2 Å². The molecule has 1 aliphatic rings. The number of rotatable bonds is 4. The van der Waals surface area contributed by atoms with Gasteiger partial charge in [-0.05, 0) is 38.1 Å². The van der Waals surface area contributed by atoms with E-state index in [1.807, 2.05) is 0 Å². The molecule has 0 saturated carbocycles. The second-order valence-electron chi connectivity index (χ2n) is 5.94. The van der Waals surface area contributed by atoms with Crippen LogP contribution in [0.2, 0.25) is 0 Å². The Labute approximate surface area is 125 Å². The summed E-state index contributed by atoms with van der Waals surface area (Å²) in [5, 5.41) is 2.91. The van der Waals surface area contributed by atoms with Crippen molar-refractivity contribution in [1.82, 2.24) is 15.1 Å². The molecule has 1 aromatic rings. The van der Waals surface area contributed by atoms with E-state index in [2.05, 4.69) is 29.1 Å². The average Bonchev–Trinajstić information content (AvgIpc) is 2.43. The molecule has 21 heavy (non-hydrogen) atoms. The van der Waals surface area contributed by atoms with Gasteiger partial charge in [-0.3, -0.25) is 9.69 Å². The number of carbonyl (C=O) groups is 1. The molecule has 1 heterocycles. The molecule has 1 aliphatic heterocycles. The molecule has 0 spiro atoms. The standard InChI is InChI=1S/C16H24FN3O/c1-12-8-14(4-5-15(12)17)9-18-16(21)11-20-7-6-19(3)10-13(20)2/h4-5,8,13H,6-7,9-11H2,1-3H3,(H,18,21)/t13-/m0/s1. The van der Waals surface area contributed by atoms with Crippen LogP contribution in [0.1, 0.15) is 18.1 Å². The molecule has 0 bridgehead atoms. The van der Waals surface area contributed by atoms with E-state index >= 15 is 0 Å². The lowest BCUT2D eigenvalue weighted by Gasteiger charge is -2.37. The smallest absolute Gasteiger partial charge is 0.234 e. The number of carbonyl (C=O) groups excluding carboxylic acids is 1. The lowest BCUT2D eigenvalue weighted by molar-refractivity contribution is -0.123. The zero-order valence-corrected chi connectivity index (χ0v) is 13.0. The molecule has 0 radical (unpaired) electrons. The number of likely N-dealkylation sites (N-methyl/N-ethyl adjacent to an activating group) is 1. The Bertz CT molecular complexity index is 506. The molecular formula is C16H24FN3O. The van der Waals surface area contributed by atoms with Crippen molar-refractivity contribution in [3.05, 3.63) is 35.1 Å². The van der Waals surface area contributed by atoms with Gasteiger partial charge in [-0.15, -0.1) is 0 Å². The summed E-state index contributed by atoms with van der Waals surface area (Å²) >= 11 is 0. The maximum Gasteiger partial charge on any atom is 0.234 e. The van der Waals surface area contributed by atoms with Crippen LogP contribution in [0.25, 0.3) is 0 Å². The summed E-state index contributed by atoms with van der Waals surface area (Å²) in [6, 6.07) is 5.32. The van der Waals surface area contributed by atoms with Crippen molar-refractivity contribution in [2.45, 2.75) is 26.4 Å². The number of hydrogen-bond acceptors (Lipinski definition) is 3. The third-order valence-electron chi connectivity index (χ3n) is 4.03. The molecule has 1 saturated heterocycles. The summed E-state index contributed by atoms with van der Waals surface area (Å²) in [7, 11) is 2.10. The quantitative estimate of drug-likeness (QED) is 0.911. The fraction of sp³-hybridized carbons (Fsp3) is 0.562. The van der Waals surface area contributed by atoms with Crippen LogP contribution in [-0.2, 0) is 11.3 Å². The van der Waals surface area contributed by atoms with Gasteiger partial charge in [0.05, 0.1) is 6.54 Å². The molecule has 0 unspecified atom stereocenters. The zero-order chi connectivity index (χ0) is 15.4. The summed E-state index contributed by atoms with van der Waals surface area (Å²) in [6.45, 7) is 7.65. The Hall–Kier alpha value is -1.46. The average molecular weight is 293 g/mol. The van der Waals surface area contributed by atoms with Crippen molar-refractivity contribution in [2.75, 3.05) is 33.2 Å². The van der Waals surface area contributed by atoms with E-state index in [1.54, 1.807) is 19.1 Å². The molecule has 1 N–H and O–H groups in total. The lowest BCUT2D eigenvalue weighted by Crippen LogP contribution is -2.53. The van der Waals surface area contributed by atoms with Crippen molar-refractivity contribution in [2.24, 2.45) is 0 Å². The Kier molecular flexibility index (Phi) is 5.31. The third kappa shape index (κ3) is 4.51. The molecule has 2 rings (SSSR count). The highest BCUT2D eigenvalue weighted by Crippen LogP contribution is 2.09. The summed E-state index contributed by atoms with van der Waals surface area (Å²) in [6.07, 6.45) is 0. The minimum atomic E-state index is -0.212. The van der Waals surface area contributed by atoms with Crippen LogP contribution in [0, 0.1) is 12.7 Å². The van der Waals surface area contributed by atoms with Gasteiger partial charge in [0.1, 0.15) is 5.82 Å². The number of halogens is 1. The van der Waals surface area contributed by atoms with E-state index in [1.165, 1.54) is 6.07 Å². The van der Waals surface area contributed by atoms with Crippen molar-refractivity contribution in [3.63, 3.8) is 0 Å². The van der Waals surface area contributed by atoms with Gasteiger partial charge in [0.2, 0.25) is 5.91 Å². The van der Waals surface area contributed by atoms with Gasteiger partial charge in [-0.2, -0.15) is 0 Å². The highest BCUT2D eigenvalue weighted by molar-refractivity contribution is 5.78. The van der Waals surface area contributed by atoms with Crippen LogP contribution in [0.3, 0.4) is 0 Å². The first-order valence-corrected chi connectivity index (χ1v) is 7.40. The molecule has 0 aliphatic carbocycles. The molecule has 1 amide bonds.